The van der Waals surface area contributed by atoms with Gasteiger partial charge >= 0.3 is 0 Å². The van der Waals surface area contributed by atoms with E-state index in [0.29, 0.717) is 6.54 Å². The molecule has 1 saturated heterocycles. The lowest BCUT2D eigenvalue weighted by atomic mass is 9.97. The van der Waals surface area contributed by atoms with Crippen LogP contribution in [0.4, 0.5) is 0 Å². The molecule has 2 unspecified atom stereocenters. The first-order chi connectivity index (χ1) is 9.81. The second-order valence-corrected chi connectivity index (χ2v) is 6.27. The van der Waals surface area contributed by atoms with Gasteiger partial charge in [0.05, 0.1) is 12.2 Å². The molecule has 6 nitrogen and oxygen atoms in total. The number of aromatic nitrogens is 2. The van der Waals surface area contributed by atoms with E-state index in [9.17, 15) is 9.59 Å². The third kappa shape index (κ3) is 3.09. The quantitative estimate of drug-likeness (QED) is 0.910. The number of carbonyl (C=O) groups excluding carboxylic acids is 2. The van der Waals surface area contributed by atoms with E-state index in [1.807, 2.05) is 30.8 Å². The molecule has 1 aliphatic heterocycles. The van der Waals surface area contributed by atoms with Crippen LogP contribution in [0.15, 0.2) is 12.3 Å². The molecular weight excluding hydrogens is 268 g/mol. The van der Waals surface area contributed by atoms with Crippen LogP contribution in [0.25, 0.3) is 0 Å². The number of hydrogen-bond donors (Lipinski definition) is 1. The van der Waals surface area contributed by atoms with Crippen LogP contribution in [0.2, 0.25) is 0 Å². The summed E-state index contributed by atoms with van der Waals surface area (Å²) in [5, 5.41) is 7.22. The number of amides is 2. The number of carbonyl (C=O) groups is 2. The molecule has 1 N–H and O–H groups in total. The zero-order chi connectivity index (χ0) is 15.7. The summed E-state index contributed by atoms with van der Waals surface area (Å²) in [5.74, 6) is -0.0681. The molecule has 116 valence electrons. The second-order valence-electron chi connectivity index (χ2n) is 6.27. The van der Waals surface area contributed by atoms with Gasteiger partial charge in [-0.05, 0) is 32.8 Å². The van der Waals surface area contributed by atoms with E-state index in [1.54, 1.807) is 11.8 Å². The molecule has 1 aromatic rings. The Morgan fingerprint density at radius 3 is 2.48 bits per heavy atom. The van der Waals surface area contributed by atoms with Crippen molar-refractivity contribution in [3.8, 4) is 0 Å². The van der Waals surface area contributed by atoms with Crippen LogP contribution in [0, 0.1) is 5.92 Å². The predicted molar refractivity (Wildman–Crippen MR) is 79.4 cm³/mol. The van der Waals surface area contributed by atoms with Crippen LogP contribution in [0.5, 0.6) is 0 Å². The molecule has 1 fully saturated rings. The summed E-state index contributed by atoms with van der Waals surface area (Å²) in [4.78, 5) is 26.2. The van der Waals surface area contributed by atoms with Crippen molar-refractivity contribution >= 4 is 11.8 Å². The highest BCUT2D eigenvalue weighted by molar-refractivity contribution is 5.96. The zero-order valence-electron chi connectivity index (χ0n) is 13.3. The minimum atomic E-state index is -0.473. The van der Waals surface area contributed by atoms with Gasteiger partial charge in [0.2, 0.25) is 11.8 Å². The van der Waals surface area contributed by atoms with Gasteiger partial charge in [-0.15, -0.1) is 0 Å². The molecule has 1 aromatic heterocycles. The van der Waals surface area contributed by atoms with Crippen LogP contribution < -0.4 is 5.32 Å². The van der Waals surface area contributed by atoms with Crippen molar-refractivity contribution in [1.29, 1.82) is 0 Å². The Kier molecular flexibility index (Phi) is 4.34. The highest BCUT2D eigenvalue weighted by Crippen LogP contribution is 2.20. The first-order valence-corrected chi connectivity index (χ1v) is 7.46. The average Bonchev–Trinajstić information content (AvgIpc) is 2.83. The molecular formula is C15H24N4O2. The fraction of sp³-hybridized carbons (Fsp3) is 0.667. The molecule has 0 aliphatic carbocycles. The zero-order valence-corrected chi connectivity index (χ0v) is 13.3. The predicted octanol–water partition coefficient (Wildman–Crippen LogP) is 1.34. The summed E-state index contributed by atoms with van der Waals surface area (Å²) < 4.78 is 1.86. The molecule has 6 heteroatoms. The van der Waals surface area contributed by atoms with Crippen molar-refractivity contribution in [2.75, 3.05) is 0 Å². The van der Waals surface area contributed by atoms with Gasteiger partial charge in [0.15, 0.2) is 0 Å². The van der Waals surface area contributed by atoms with Gasteiger partial charge in [-0.1, -0.05) is 13.8 Å². The molecule has 0 saturated carbocycles. The van der Waals surface area contributed by atoms with Crippen molar-refractivity contribution in [2.45, 2.75) is 59.3 Å². The van der Waals surface area contributed by atoms with Gasteiger partial charge in [-0.3, -0.25) is 14.3 Å². The van der Waals surface area contributed by atoms with Crippen molar-refractivity contribution in [3.05, 3.63) is 18.0 Å². The Morgan fingerprint density at radius 2 is 1.95 bits per heavy atom. The van der Waals surface area contributed by atoms with Crippen LogP contribution in [-0.2, 0) is 16.1 Å². The third-order valence-electron chi connectivity index (χ3n) is 3.77. The average molecular weight is 292 g/mol. The Hall–Kier alpha value is -1.85. The number of hydrogen-bond acceptors (Lipinski definition) is 3. The molecule has 0 bridgehead atoms. The lowest BCUT2D eigenvalue weighted by Crippen LogP contribution is -2.63. The van der Waals surface area contributed by atoms with Gasteiger partial charge in [0, 0.05) is 12.2 Å². The van der Waals surface area contributed by atoms with E-state index in [4.69, 9.17) is 0 Å². The van der Waals surface area contributed by atoms with E-state index >= 15 is 0 Å². The molecule has 0 spiro atoms. The van der Waals surface area contributed by atoms with Gasteiger partial charge < -0.3 is 10.2 Å². The van der Waals surface area contributed by atoms with E-state index < -0.39 is 12.1 Å². The fourth-order valence-corrected chi connectivity index (χ4v) is 2.65. The molecule has 0 aromatic carbocycles. The van der Waals surface area contributed by atoms with E-state index in [-0.39, 0.29) is 23.8 Å². The lowest BCUT2D eigenvalue weighted by Gasteiger charge is -2.39. The van der Waals surface area contributed by atoms with E-state index in [0.717, 1.165) is 5.69 Å². The normalized spacial score (nSPS) is 23.1. The SMILES string of the molecule is CC1NC(=O)C(C(C)C)N(Cc2ccn(C(C)C)n2)C1=O. The maximum Gasteiger partial charge on any atom is 0.245 e. The Balaban J connectivity index is 2.23. The highest BCUT2D eigenvalue weighted by Gasteiger charge is 2.40. The maximum absolute atomic E-state index is 12.4. The van der Waals surface area contributed by atoms with Crippen LogP contribution >= 0.6 is 0 Å². The van der Waals surface area contributed by atoms with Gasteiger partial charge in [-0.2, -0.15) is 5.10 Å². The van der Waals surface area contributed by atoms with Crippen LogP contribution in [-0.4, -0.2) is 38.6 Å². The van der Waals surface area contributed by atoms with Crippen molar-refractivity contribution in [1.82, 2.24) is 20.0 Å². The first kappa shape index (κ1) is 15.5. The Morgan fingerprint density at radius 1 is 1.29 bits per heavy atom. The fourth-order valence-electron chi connectivity index (χ4n) is 2.65. The second kappa shape index (κ2) is 5.87. The standard InChI is InChI=1S/C15H24N4O2/c1-9(2)13-14(20)16-11(5)15(21)18(13)8-12-6-7-19(17-12)10(3)4/h6-7,9-11,13H,8H2,1-5H3,(H,16,20). The van der Waals surface area contributed by atoms with Gasteiger partial charge in [0.25, 0.3) is 0 Å². The Labute approximate surface area is 125 Å². The molecule has 1 aliphatic rings. The summed E-state index contributed by atoms with van der Waals surface area (Å²) in [6.07, 6.45) is 1.91. The van der Waals surface area contributed by atoms with E-state index in [1.165, 1.54) is 0 Å². The van der Waals surface area contributed by atoms with Gasteiger partial charge in [0.1, 0.15) is 12.1 Å². The number of nitrogens with one attached hydrogen (secondary N) is 1. The van der Waals surface area contributed by atoms with Crippen LogP contribution in [0.1, 0.15) is 46.4 Å². The van der Waals surface area contributed by atoms with E-state index in [2.05, 4.69) is 24.3 Å². The smallest absolute Gasteiger partial charge is 0.245 e. The molecule has 2 heterocycles. The number of rotatable bonds is 4. The summed E-state index contributed by atoms with van der Waals surface area (Å²) in [7, 11) is 0. The molecule has 2 amide bonds. The minimum Gasteiger partial charge on any atom is -0.343 e. The number of nitrogens with zero attached hydrogens (tertiary/aromatic N) is 3. The summed E-state index contributed by atoms with van der Waals surface area (Å²) in [5.41, 5.74) is 0.810. The third-order valence-corrected chi connectivity index (χ3v) is 3.77. The molecule has 21 heavy (non-hydrogen) atoms. The van der Waals surface area contributed by atoms with Crippen LogP contribution in [0.3, 0.4) is 0 Å². The van der Waals surface area contributed by atoms with Gasteiger partial charge in [-0.25, -0.2) is 0 Å². The lowest BCUT2D eigenvalue weighted by molar-refractivity contribution is -0.151. The summed E-state index contributed by atoms with van der Waals surface area (Å²) >= 11 is 0. The largest absolute Gasteiger partial charge is 0.343 e. The summed E-state index contributed by atoms with van der Waals surface area (Å²) in [6, 6.07) is 1.28. The Bertz CT molecular complexity index is 536. The van der Waals surface area contributed by atoms with Crippen molar-refractivity contribution in [2.24, 2.45) is 5.92 Å². The monoisotopic (exact) mass is 292 g/mol. The molecule has 2 rings (SSSR count). The highest BCUT2D eigenvalue weighted by atomic mass is 16.2. The van der Waals surface area contributed by atoms with Crippen molar-refractivity contribution < 1.29 is 9.59 Å². The summed E-state index contributed by atoms with van der Waals surface area (Å²) in [6.45, 7) is 10.1. The minimum absolute atomic E-state index is 0.0487. The molecule has 2 atom stereocenters. The maximum atomic E-state index is 12.4. The topological polar surface area (TPSA) is 67.2 Å². The van der Waals surface area contributed by atoms with Crippen molar-refractivity contribution in [3.63, 3.8) is 0 Å². The number of piperazine rings is 1. The first-order valence-electron chi connectivity index (χ1n) is 7.46. The molecule has 0 radical (unpaired) electrons.